The number of carbonyl (C=O) groups is 1. The summed E-state index contributed by atoms with van der Waals surface area (Å²) >= 11 is 0. The first-order valence-corrected chi connectivity index (χ1v) is 6.41. The average molecular weight is 272 g/mol. The van der Waals surface area contributed by atoms with Crippen LogP contribution < -0.4 is 0 Å². The predicted octanol–water partition coefficient (Wildman–Crippen LogP) is 0.472. The van der Waals surface area contributed by atoms with E-state index in [4.69, 9.17) is 4.55 Å². The molecule has 9 heteroatoms. The molecule has 0 aliphatic carbocycles. The van der Waals surface area contributed by atoms with E-state index in [1.165, 1.54) is 0 Å². The number of amides is 1. The highest BCUT2D eigenvalue weighted by Crippen LogP contribution is 2.17. The van der Waals surface area contributed by atoms with Gasteiger partial charge in [0.25, 0.3) is 0 Å². The summed E-state index contributed by atoms with van der Waals surface area (Å²) in [6, 6.07) is 0. The molecule has 104 valence electrons. The van der Waals surface area contributed by atoms with Gasteiger partial charge in [0.05, 0.1) is 26.7 Å². The number of hydrogen-bond donors (Lipinski definition) is 1. The smallest absolute Gasteiger partial charge is 0.471 e. The Kier molecular flexibility index (Phi) is 7.32. The second-order valence-corrected chi connectivity index (χ2v) is 4.48. The van der Waals surface area contributed by atoms with Gasteiger partial charge in [-0.2, -0.15) is 13.0 Å². The minimum absolute atomic E-state index is 0. The van der Waals surface area contributed by atoms with Crippen molar-refractivity contribution in [3.8, 4) is 0 Å². The van der Waals surface area contributed by atoms with E-state index in [1.807, 2.05) is 0 Å². The van der Waals surface area contributed by atoms with Gasteiger partial charge >= 0.3 is 16.4 Å². The molecule has 0 radical (unpaired) electrons. The molecule has 0 bridgehead atoms. The van der Waals surface area contributed by atoms with Gasteiger partial charge in [-0.15, -0.1) is 0 Å². The Bertz CT molecular complexity index is 330. The lowest BCUT2D eigenvalue weighted by Crippen LogP contribution is -2.63. The van der Waals surface area contributed by atoms with E-state index >= 15 is 0 Å². The number of nitrogens with zero attached hydrogens (tertiary/aromatic N) is 2. The molecule has 0 aromatic carbocycles. The Morgan fingerprint density at radius 1 is 1.24 bits per heavy atom. The van der Waals surface area contributed by atoms with Crippen molar-refractivity contribution in [2.75, 3.05) is 26.7 Å². The van der Waals surface area contributed by atoms with Crippen LogP contribution >= 0.6 is 0 Å². The zero-order valence-corrected chi connectivity index (χ0v) is 11.3. The fourth-order valence-electron chi connectivity index (χ4n) is 1.62. The van der Waals surface area contributed by atoms with Gasteiger partial charge in [0.1, 0.15) is 0 Å². The van der Waals surface area contributed by atoms with Gasteiger partial charge in [0, 0.05) is 0 Å². The third-order valence-corrected chi connectivity index (χ3v) is 3.63. The summed E-state index contributed by atoms with van der Waals surface area (Å²) in [6.45, 7) is 6.24. The lowest BCUT2D eigenvalue weighted by Gasteiger charge is -2.39. The Morgan fingerprint density at radius 3 is 1.76 bits per heavy atom. The molecule has 0 rings (SSSR count). The summed E-state index contributed by atoms with van der Waals surface area (Å²) < 4.78 is 36.1. The fourth-order valence-corrected chi connectivity index (χ4v) is 2.67. The van der Waals surface area contributed by atoms with Gasteiger partial charge in [-0.3, -0.25) is 4.55 Å². The Morgan fingerprint density at radius 2 is 1.59 bits per heavy atom. The highest BCUT2D eigenvalue weighted by molar-refractivity contribution is 7.83. The first-order valence-electron chi connectivity index (χ1n) is 5.01. The molecule has 0 unspecified atom stereocenters. The molecule has 0 aliphatic rings. The molecule has 0 saturated carbocycles. The molecule has 0 spiro atoms. The predicted molar refractivity (Wildman–Crippen MR) is 59.6 cm³/mol. The molecular weight excluding hydrogens is 252 g/mol. The van der Waals surface area contributed by atoms with Crippen molar-refractivity contribution in [2.24, 2.45) is 0 Å². The highest BCUT2D eigenvalue weighted by Gasteiger charge is 2.44. The van der Waals surface area contributed by atoms with Crippen LogP contribution in [0.15, 0.2) is 0 Å². The van der Waals surface area contributed by atoms with Gasteiger partial charge in [-0.1, -0.05) is 0 Å². The topological polar surface area (TPSA) is 114 Å². The van der Waals surface area contributed by atoms with Gasteiger partial charge in [-0.25, -0.2) is 4.79 Å². The highest BCUT2D eigenvalue weighted by atomic mass is 32.2. The van der Waals surface area contributed by atoms with Crippen LogP contribution in [0, 0.1) is 0 Å². The summed E-state index contributed by atoms with van der Waals surface area (Å²) in [4.78, 5) is 11.4. The molecular formula is C8H20N2O6S. The van der Waals surface area contributed by atoms with E-state index in [0.29, 0.717) is 24.0 Å². The fraction of sp³-hybridized carbons (Fsp3) is 0.875. The molecule has 0 atom stereocenters. The summed E-state index contributed by atoms with van der Waals surface area (Å²) in [5.74, 6) is 0. The van der Waals surface area contributed by atoms with Crippen LogP contribution in [0.2, 0.25) is 0 Å². The maximum absolute atomic E-state index is 11.4. The molecule has 8 nitrogen and oxygen atoms in total. The van der Waals surface area contributed by atoms with E-state index in [1.54, 1.807) is 20.8 Å². The summed E-state index contributed by atoms with van der Waals surface area (Å²) in [5, 5.41) is 0. The van der Waals surface area contributed by atoms with Crippen molar-refractivity contribution in [1.82, 2.24) is 4.41 Å². The number of quaternary nitrogens is 1. The number of ether oxygens (including phenoxy) is 1. The van der Waals surface area contributed by atoms with E-state index in [0.717, 1.165) is 7.11 Å². The quantitative estimate of drug-likeness (QED) is 0.442. The monoisotopic (exact) mass is 272 g/mol. The van der Waals surface area contributed by atoms with Crippen molar-refractivity contribution in [3.05, 3.63) is 0 Å². The SMILES string of the molecule is CC[N+](CC)(CC)N(C(=O)OC)S(=O)(=O)O.[OH-]. The van der Waals surface area contributed by atoms with Crippen molar-refractivity contribution in [3.63, 3.8) is 0 Å². The van der Waals surface area contributed by atoms with Crippen LogP contribution in [0.1, 0.15) is 20.8 Å². The standard InChI is InChI=1S/C8H18N2O5S.H2O/c1-5-10(6-2,7-3)9(8(11)15-4)16(12,13)14;/h5-7H2,1-4H3;1H2. The number of hydrogen-bond acceptors (Lipinski definition) is 5. The zero-order valence-electron chi connectivity index (χ0n) is 10.5. The Labute approximate surface area is 102 Å². The maximum atomic E-state index is 11.4. The number of rotatable bonds is 5. The second-order valence-electron chi connectivity index (χ2n) is 3.23. The lowest BCUT2D eigenvalue weighted by atomic mass is 10.4. The summed E-state index contributed by atoms with van der Waals surface area (Å²) in [7, 11) is -3.57. The molecule has 0 aromatic heterocycles. The molecule has 0 saturated heterocycles. The molecule has 2 N–H and O–H groups in total. The molecule has 0 fully saturated rings. The number of carbonyl (C=O) groups excluding carboxylic acids is 1. The van der Waals surface area contributed by atoms with Gasteiger partial charge in [0.2, 0.25) is 0 Å². The minimum atomic E-state index is -4.64. The van der Waals surface area contributed by atoms with Crippen molar-refractivity contribution >= 4 is 16.4 Å². The molecule has 0 aliphatic heterocycles. The van der Waals surface area contributed by atoms with Crippen molar-refractivity contribution in [2.45, 2.75) is 20.8 Å². The summed E-state index contributed by atoms with van der Waals surface area (Å²) in [6.07, 6.45) is -1.09. The third kappa shape index (κ3) is 3.80. The number of methoxy groups -OCH3 is 1. The maximum Gasteiger partial charge on any atom is 0.471 e. The molecule has 1 amide bonds. The minimum Gasteiger partial charge on any atom is -0.870 e. The van der Waals surface area contributed by atoms with E-state index < -0.39 is 16.4 Å². The van der Waals surface area contributed by atoms with E-state index in [-0.39, 0.29) is 10.1 Å². The molecule has 0 heterocycles. The van der Waals surface area contributed by atoms with Gasteiger partial charge in [0.15, 0.2) is 0 Å². The van der Waals surface area contributed by atoms with Crippen LogP contribution in [-0.2, 0) is 15.0 Å². The average Bonchev–Trinajstić information content (AvgIpc) is 2.23. The Hall–Kier alpha value is -0.900. The van der Waals surface area contributed by atoms with E-state index in [2.05, 4.69) is 4.74 Å². The van der Waals surface area contributed by atoms with Crippen LogP contribution in [0.25, 0.3) is 0 Å². The van der Waals surface area contributed by atoms with Crippen LogP contribution in [0.3, 0.4) is 0 Å². The Balaban J connectivity index is 0. The second kappa shape index (κ2) is 6.74. The largest absolute Gasteiger partial charge is 0.870 e. The van der Waals surface area contributed by atoms with Gasteiger partial charge < -0.3 is 10.2 Å². The zero-order chi connectivity index (χ0) is 13.0. The lowest BCUT2D eigenvalue weighted by molar-refractivity contribution is -1.00. The van der Waals surface area contributed by atoms with E-state index in [9.17, 15) is 13.2 Å². The van der Waals surface area contributed by atoms with Crippen LogP contribution in [-0.4, -0.2) is 60.3 Å². The van der Waals surface area contributed by atoms with Crippen molar-refractivity contribution < 1.29 is 32.6 Å². The first kappa shape index (κ1) is 18.5. The van der Waals surface area contributed by atoms with Crippen LogP contribution in [0.4, 0.5) is 4.79 Å². The van der Waals surface area contributed by atoms with Crippen LogP contribution in [0.5, 0.6) is 0 Å². The normalized spacial score (nSPS) is 11.6. The first-order chi connectivity index (χ1) is 7.29. The molecule has 0 aromatic rings. The summed E-state index contributed by atoms with van der Waals surface area (Å²) in [5.41, 5.74) is 0. The third-order valence-electron chi connectivity index (χ3n) is 2.70. The molecule has 17 heavy (non-hydrogen) atoms. The van der Waals surface area contributed by atoms with Gasteiger partial charge in [-0.05, 0) is 25.2 Å². The van der Waals surface area contributed by atoms with Crippen molar-refractivity contribution in [1.29, 1.82) is 0 Å².